The second kappa shape index (κ2) is 10.3. The second-order valence-electron chi connectivity index (χ2n) is 8.70. The van der Waals surface area contributed by atoms with Gasteiger partial charge in [-0.25, -0.2) is 15.0 Å². The van der Waals surface area contributed by atoms with Crippen LogP contribution in [0.1, 0.15) is 0 Å². The standard InChI is InChI=1S/C33H22BrN3/c34-30-13-7-12-29(22-30)25-16-20-28(21-17-25)33-36-31(26-10-5-2-6-11-26)35-32(37-33)27-18-14-24(15-19-27)23-8-3-1-4-9-23/h1-22H. The maximum absolute atomic E-state index is 4.89. The van der Waals surface area contributed by atoms with Crippen LogP contribution in [0.15, 0.2) is 138 Å². The van der Waals surface area contributed by atoms with Crippen LogP contribution in [0.5, 0.6) is 0 Å². The molecule has 0 N–H and O–H groups in total. The van der Waals surface area contributed by atoms with Crippen molar-refractivity contribution in [2.75, 3.05) is 0 Å². The van der Waals surface area contributed by atoms with Gasteiger partial charge in [0.15, 0.2) is 17.5 Å². The first kappa shape index (κ1) is 23.0. The van der Waals surface area contributed by atoms with Crippen molar-refractivity contribution in [3.63, 3.8) is 0 Å². The third-order valence-electron chi connectivity index (χ3n) is 6.22. The largest absolute Gasteiger partial charge is 0.208 e. The molecule has 0 atom stereocenters. The Labute approximate surface area is 224 Å². The maximum Gasteiger partial charge on any atom is 0.164 e. The van der Waals surface area contributed by atoms with Crippen LogP contribution in [0.2, 0.25) is 0 Å². The molecule has 37 heavy (non-hydrogen) atoms. The Kier molecular flexibility index (Phi) is 6.40. The summed E-state index contributed by atoms with van der Waals surface area (Å²) >= 11 is 3.56. The van der Waals surface area contributed by atoms with E-state index in [2.05, 4.69) is 101 Å². The lowest BCUT2D eigenvalue weighted by Gasteiger charge is -2.10. The minimum atomic E-state index is 0.650. The summed E-state index contributed by atoms with van der Waals surface area (Å²) in [7, 11) is 0. The Hall–Kier alpha value is -4.41. The van der Waals surface area contributed by atoms with Crippen LogP contribution in [-0.2, 0) is 0 Å². The Morgan fingerprint density at radius 1 is 0.324 bits per heavy atom. The van der Waals surface area contributed by atoms with Gasteiger partial charge in [0.25, 0.3) is 0 Å². The summed E-state index contributed by atoms with van der Waals surface area (Å²) in [5, 5.41) is 0. The summed E-state index contributed by atoms with van der Waals surface area (Å²) in [5.74, 6) is 1.96. The molecule has 1 aromatic heterocycles. The predicted molar refractivity (Wildman–Crippen MR) is 155 cm³/mol. The SMILES string of the molecule is Brc1cccc(-c2ccc(-c3nc(-c4ccccc4)nc(-c4ccc(-c5ccccc5)cc4)n3)cc2)c1. The Bertz CT molecular complexity index is 1650. The number of hydrogen-bond acceptors (Lipinski definition) is 3. The van der Waals surface area contributed by atoms with Crippen molar-refractivity contribution in [2.45, 2.75) is 0 Å². The van der Waals surface area contributed by atoms with E-state index in [1.54, 1.807) is 0 Å². The molecule has 4 heteroatoms. The van der Waals surface area contributed by atoms with Gasteiger partial charge in [-0.3, -0.25) is 0 Å². The van der Waals surface area contributed by atoms with Gasteiger partial charge in [-0.2, -0.15) is 0 Å². The Morgan fingerprint density at radius 2 is 0.676 bits per heavy atom. The molecule has 0 spiro atoms. The van der Waals surface area contributed by atoms with Crippen molar-refractivity contribution in [1.82, 2.24) is 15.0 Å². The van der Waals surface area contributed by atoms with Gasteiger partial charge in [0.1, 0.15) is 0 Å². The number of hydrogen-bond donors (Lipinski definition) is 0. The summed E-state index contributed by atoms with van der Waals surface area (Å²) in [6.45, 7) is 0. The predicted octanol–water partition coefficient (Wildman–Crippen LogP) is 8.97. The van der Waals surface area contributed by atoms with Crippen molar-refractivity contribution in [2.24, 2.45) is 0 Å². The topological polar surface area (TPSA) is 38.7 Å². The molecule has 0 amide bonds. The zero-order valence-electron chi connectivity index (χ0n) is 19.9. The average Bonchev–Trinajstić information content (AvgIpc) is 2.98. The molecule has 5 aromatic carbocycles. The molecular formula is C33H22BrN3. The smallest absolute Gasteiger partial charge is 0.164 e. The number of rotatable bonds is 5. The van der Waals surface area contributed by atoms with Crippen LogP contribution < -0.4 is 0 Å². The molecule has 3 nitrogen and oxygen atoms in total. The van der Waals surface area contributed by atoms with E-state index >= 15 is 0 Å². The van der Waals surface area contributed by atoms with Crippen molar-refractivity contribution in [3.8, 4) is 56.4 Å². The highest BCUT2D eigenvalue weighted by Crippen LogP contribution is 2.29. The fraction of sp³-hybridized carbons (Fsp3) is 0. The first-order valence-corrected chi connectivity index (χ1v) is 12.9. The van der Waals surface area contributed by atoms with Gasteiger partial charge in [0, 0.05) is 21.2 Å². The van der Waals surface area contributed by atoms with E-state index < -0.39 is 0 Å². The number of halogens is 1. The van der Waals surface area contributed by atoms with Gasteiger partial charge in [-0.1, -0.05) is 137 Å². The lowest BCUT2D eigenvalue weighted by atomic mass is 10.0. The molecule has 0 bridgehead atoms. The summed E-state index contributed by atoms with van der Waals surface area (Å²) in [6.07, 6.45) is 0. The van der Waals surface area contributed by atoms with E-state index in [1.807, 2.05) is 48.5 Å². The second-order valence-corrected chi connectivity index (χ2v) is 9.62. The van der Waals surface area contributed by atoms with Crippen molar-refractivity contribution in [3.05, 3.63) is 138 Å². The fourth-order valence-corrected chi connectivity index (χ4v) is 4.67. The monoisotopic (exact) mass is 539 g/mol. The number of nitrogens with zero attached hydrogens (tertiary/aromatic N) is 3. The highest BCUT2D eigenvalue weighted by molar-refractivity contribution is 9.10. The molecular weight excluding hydrogens is 518 g/mol. The Morgan fingerprint density at radius 3 is 1.16 bits per heavy atom. The van der Waals surface area contributed by atoms with Gasteiger partial charge < -0.3 is 0 Å². The molecule has 0 aliphatic heterocycles. The molecule has 0 aliphatic carbocycles. The van der Waals surface area contributed by atoms with Crippen molar-refractivity contribution >= 4 is 15.9 Å². The van der Waals surface area contributed by atoms with Gasteiger partial charge in [-0.05, 0) is 34.4 Å². The molecule has 0 radical (unpaired) electrons. The maximum atomic E-state index is 4.89. The van der Waals surface area contributed by atoms with E-state index in [0.29, 0.717) is 17.5 Å². The Balaban J connectivity index is 1.41. The van der Waals surface area contributed by atoms with Crippen molar-refractivity contribution in [1.29, 1.82) is 0 Å². The molecule has 0 unspecified atom stereocenters. The van der Waals surface area contributed by atoms with E-state index in [1.165, 1.54) is 5.56 Å². The van der Waals surface area contributed by atoms with Crippen LogP contribution in [-0.4, -0.2) is 15.0 Å². The normalized spacial score (nSPS) is 10.8. The summed E-state index contributed by atoms with van der Waals surface area (Å²) in [4.78, 5) is 14.6. The third-order valence-corrected chi connectivity index (χ3v) is 6.71. The highest BCUT2D eigenvalue weighted by Gasteiger charge is 2.13. The van der Waals surface area contributed by atoms with E-state index in [-0.39, 0.29) is 0 Å². The van der Waals surface area contributed by atoms with Crippen LogP contribution in [0.25, 0.3) is 56.4 Å². The van der Waals surface area contributed by atoms with Gasteiger partial charge in [0.05, 0.1) is 0 Å². The van der Waals surface area contributed by atoms with Gasteiger partial charge >= 0.3 is 0 Å². The lowest BCUT2D eigenvalue weighted by Crippen LogP contribution is -2.00. The van der Waals surface area contributed by atoms with Gasteiger partial charge in [0.2, 0.25) is 0 Å². The summed E-state index contributed by atoms with van der Waals surface area (Å²) in [5.41, 5.74) is 7.48. The van der Waals surface area contributed by atoms with Gasteiger partial charge in [-0.15, -0.1) is 0 Å². The number of benzene rings is 5. The van der Waals surface area contributed by atoms with Crippen LogP contribution in [0.3, 0.4) is 0 Å². The minimum absolute atomic E-state index is 0.650. The van der Waals surface area contributed by atoms with Crippen molar-refractivity contribution < 1.29 is 0 Å². The zero-order valence-corrected chi connectivity index (χ0v) is 21.5. The van der Waals surface area contributed by atoms with E-state index in [0.717, 1.165) is 37.9 Å². The molecule has 1 heterocycles. The quantitative estimate of drug-likeness (QED) is 0.219. The molecule has 0 saturated heterocycles. The first-order chi connectivity index (χ1) is 18.2. The molecule has 0 aliphatic rings. The van der Waals surface area contributed by atoms with E-state index in [9.17, 15) is 0 Å². The molecule has 176 valence electrons. The zero-order chi connectivity index (χ0) is 25.0. The molecule has 6 aromatic rings. The number of aromatic nitrogens is 3. The van der Waals surface area contributed by atoms with Crippen LogP contribution in [0.4, 0.5) is 0 Å². The first-order valence-electron chi connectivity index (χ1n) is 12.1. The summed E-state index contributed by atoms with van der Waals surface area (Å²) < 4.78 is 1.06. The third kappa shape index (κ3) is 5.11. The highest BCUT2D eigenvalue weighted by atomic mass is 79.9. The average molecular weight is 540 g/mol. The van der Waals surface area contributed by atoms with Crippen LogP contribution in [0, 0.1) is 0 Å². The molecule has 6 rings (SSSR count). The lowest BCUT2D eigenvalue weighted by molar-refractivity contribution is 1.07. The van der Waals surface area contributed by atoms with E-state index in [4.69, 9.17) is 15.0 Å². The molecule has 0 saturated carbocycles. The van der Waals surface area contributed by atoms with Crippen LogP contribution >= 0.6 is 15.9 Å². The fourth-order valence-electron chi connectivity index (χ4n) is 4.27. The minimum Gasteiger partial charge on any atom is -0.208 e. The molecule has 0 fully saturated rings. The summed E-state index contributed by atoms with van der Waals surface area (Å²) in [6, 6.07) is 45.4.